The van der Waals surface area contributed by atoms with E-state index in [-0.39, 0.29) is 22.6 Å². The molecule has 0 saturated carbocycles. The van der Waals surface area contributed by atoms with Gasteiger partial charge in [-0.05, 0) is 0 Å². The van der Waals surface area contributed by atoms with Gasteiger partial charge in [0.1, 0.15) is 5.37 Å². The van der Waals surface area contributed by atoms with E-state index in [2.05, 4.69) is 14.5 Å². The maximum absolute atomic E-state index is 11.7. The van der Waals surface area contributed by atoms with E-state index in [1.807, 2.05) is 12.2 Å². The first-order valence-electron chi connectivity index (χ1n) is 5.42. The number of aliphatic imine (C=N–C) groups is 1. The molecule has 0 aliphatic carbocycles. The van der Waals surface area contributed by atoms with Crippen LogP contribution in [0.25, 0.3) is 0 Å². The summed E-state index contributed by atoms with van der Waals surface area (Å²) in [4.78, 5) is 27.6. The number of hydrogen-bond acceptors (Lipinski definition) is 6. The molecule has 18 heavy (non-hydrogen) atoms. The Morgan fingerprint density at radius 1 is 1.33 bits per heavy atom. The maximum atomic E-state index is 11.7. The van der Waals surface area contributed by atoms with Crippen LogP contribution in [0.15, 0.2) is 28.8 Å². The van der Waals surface area contributed by atoms with Crippen molar-refractivity contribution in [3.63, 3.8) is 0 Å². The fraction of sp³-hybridized carbons (Fsp3) is 0.417. The maximum Gasteiger partial charge on any atom is 0.357 e. The van der Waals surface area contributed by atoms with Crippen LogP contribution in [-0.2, 0) is 19.1 Å². The SMILES string of the molecule is COC(=O)C1=CC2C=CCSC2N=C1C(=O)OC. The molecular weight excluding hydrogens is 254 g/mol. The Hall–Kier alpha value is -1.56. The molecule has 2 atom stereocenters. The lowest BCUT2D eigenvalue weighted by atomic mass is 9.97. The van der Waals surface area contributed by atoms with E-state index in [4.69, 9.17) is 0 Å². The molecule has 2 rings (SSSR count). The minimum atomic E-state index is -0.611. The van der Waals surface area contributed by atoms with Crippen LogP contribution in [0.5, 0.6) is 0 Å². The predicted molar refractivity (Wildman–Crippen MR) is 68.4 cm³/mol. The number of esters is 2. The molecule has 2 aliphatic heterocycles. The Morgan fingerprint density at radius 3 is 2.72 bits per heavy atom. The van der Waals surface area contributed by atoms with Crippen molar-refractivity contribution in [3.8, 4) is 0 Å². The number of rotatable bonds is 2. The van der Waals surface area contributed by atoms with Crippen LogP contribution in [0.4, 0.5) is 0 Å². The monoisotopic (exact) mass is 267 g/mol. The Morgan fingerprint density at radius 2 is 2.06 bits per heavy atom. The Labute approximate surface area is 109 Å². The van der Waals surface area contributed by atoms with Crippen molar-refractivity contribution in [2.75, 3.05) is 20.0 Å². The zero-order valence-electron chi connectivity index (χ0n) is 10.1. The molecule has 0 aromatic heterocycles. The molecule has 0 spiro atoms. The summed E-state index contributed by atoms with van der Waals surface area (Å²) in [5, 5.41) is -0.0718. The molecule has 0 saturated heterocycles. The van der Waals surface area contributed by atoms with Gasteiger partial charge in [-0.2, -0.15) is 0 Å². The van der Waals surface area contributed by atoms with Crippen LogP contribution in [0.2, 0.25) is 0 Å². The molecule has 2 aliphatic rings. The summed E-state index contributed by atoms with van der Waals surface area (Å²) >= 11 is 1.62. The van der Waals surface area contributed by atoms with Gasteiger partial charge in [-0.1, -0.05) is 18.2 Å². The van der Waals surface area contributed by atoms with Crippen LogP contribution in [0, 0.1) is 5.92 Å². The molecule has 0 fully saturated rings. The molecule has 5 nitrogen and oxygen atoms in total. The highest BCUT2D eigenvalue weighted by atomic mass is 32.2. The molecule has 0 aromatic rings. The molecule has 2 unspecified atom stereocenters. The summed E-state index contributed by atoms with van der Waals surface area (Å²) < 4.78 is 9.32. The number of thioether (sulfide) groups is 1. The van der Waals surface area contributed by atoms with Gasteiger partial charge in [-0.15, -0.1) is 11.8 Å². The first kappa shape index (κ1) is 12.9. The number of fused-ring (bicyclic) bond motifs is 1. The third-order valence-electron chi connectivity index (χ3n) is 2.71. The quantitative estimate of drug-likeness (QED) is 0.551. The van der Waals surface area contributed by atoms with Gasteiger partial charge >= 0.3 is 11.9 Å². The fourth-order valence-electron chi connectivity index (χ4n) is 1.84. The molecule has 6 heteroatoms. The van der Waals surface area contributed by atoms with E-state index < -0.39 is 11.9 Å². The van der Waals surface area contributed by atoms with Crippen LogP contribution in [0.3, 0.4) is 0 Å². The number of ether oxygens (including phenoxy) is 2. The number of nitrogens with zero attached hydrogens (tertiary/aromatic N) is 1. The lowest BCUT2D eigenvalue weighted by Gasteiger charge is -2.26. The first-order chi connectivity index (χ1) is 8.67. The van der Waals surface area contributed by atoms with E-state index in [1.165, 1.54) is 14.2 Å². The highest BCUT2D eigenvalue weighted by Gasteiger charge is 2.33. The molecule has 2 heterocycles. The van der Waals surface area contributed by atoms with Crippen LogP contribution in [0.1, 0.15) is 0 Å². The van der Waals surface area contributed by atoms with Gasteiger partial charge in [-0.25, -0.2) is 9.59 Å². The predicted octanol–water partition coefficient (Wildman–Crippen LogP) is 0.959. The number of dihydropyridines is 1. The Kier molecular flexibility index (Phi) is 3.86. The van der Waals surface area contributed by atoms with Crippen molar-refractivity contribution in [2.24, 2.45) is 10.9 Å². The highest BCUT2D eigenvalue weighted by molar-refractivity contribution is 8.00. The van der Waals surface area contributed by atoms with Gasteiger partial charge in [0.2, 0.25) is 0 Å². The van der Waals surface area contributed by atoms with Crippen molar-refractivity contribution in [1.82, 2.24) is 0 Å². The van der Waals surface area contributed by atoms with E-state index >= 15 is 0 Å². The summed E-state index contributed by atoms with van der Waals surface area (Å²) in [5.41, 5.74) is 0.228. The largest absolute Gasteiger partial charge is 0.465 e. The Bertz CT molecular complexity index is 467. The summed E-state index contributed by atoms with van der Waals surface area (Å²) in [5.74, 6) is -0.311. The van der Waals surface area contributed by atoms with Crippen LogP contribution >= 0.6 is 11.8 Å². The molecule has 96 valence electrons. The van der Waals surface area contributed by atoms with Crippen molar-refractivity contribution in [2.45, 2.75) is 5.37 Å². The van der Waals surface area contributed by atoms with Gasteiger partial charge in [-0.3, -0.25) is 4.99 Å². The minimum absolute atomic E-state index is 0.0197. The zero-order chi connectivity index (χ0) is 13.1. The zero-order valence-corrected chi connectivity index (χ0v) is 10.9. The standard InChI is InChI=1S/C12H13NO4S/c1-16-11(14)8-6-7-4-3-5-18-10(7)13-9(8)12(15)17-2/h3-4,6-7,10H,5H2,1-2H3. The normalized spacial score (nSPS) is 25.7. The average Bonchev–Trinajstić information content (AvgIpc) is 2.44. The second kappa shape index (κ2) is 5.39. The van der Waals surface area contributed by atoms with Crippen molar-refractivity contribution in [1.29, 1.82) is 0 Å². The molecule has 0 aromatic carbocycles. The highest BCUT2D eigenvalue weighted by Crippen LogP contribution is 2.32. The average molecular weight is 267 g/mol. The topological polar surface area (TPSA) is 65.0 Å². The first-order valence-corrected chi connectivity index (χ1v) is 6.47. The van der Waals surface area contributed by atoms with Crippen LogP contribution < -0.4 is 0 Å². The van der Waals surface area contributed by atoms with Crippen LogP contribution in [-0.4, -0.2) is 43.0 Å². The second-order valence-electron chi connectivity index (χ2n) is 3.77. The number of carbonyl (C=O) groups is 2. The number of hydrogen-bond donors (Lipinski definition) is 0. The fourth-order valence-corrected chi connectivity index (χ4v) is 2.83. The van der Waals surface area contributed by atoms with E-state index in [0.717, 1.165) is 5.75 Å². The van der Waals surface area contributed by atoms with Gasteiger partial charge in [0.15, 0.2) is 5.71 Å². The molecule has 0 bridgehead atoms. The number of carbonyl (C=O) groups excluding carboxylic acids is 2. The second-order valence-corrected chi connectivity index (χ2v) is 4.92. The van der Waals surface area contributed by atoms with Crippen molar-refractivity contribution < 1.29 is 19.1 Å². The Balaban J connectivity index is 2.38. The summed E-state index contributed by atoms with van der Waals surface area (Å²) in [7, 11) is 2.54. The third-order valence-corrected chi connectivity index (χ3v) is 3.85. The van der Waals surface area contributed by atoms with Gasteiger partial charge < -0.3 is 9.47 Å². The minimum Gasteiger partial charge on any atom is -0.465 e. The third kappa shape index (κ3) is 2.33. The molecule has 0 N–H and O–H groups in total. The summed E-state index contributed by atoms with van der Waals surface area (Å²) in [6.45, 7) is 0. The van der Waals surface area contributed by atoms with E-state index in [9.17, 15) is 9.59 Å². The van der Waals surface area contributed by atoms with Gasteiger partial charge in [0, 0.05) is 11.7 Å². The van der Waals surface area contributed by atoms with Crippen molar-refractivity contribution in [3.05, 3.63) is 23.8 Å². The van der Waals surface area contributed by atoms with Crippen molar-refractivity contribution >= 4 is 29.4 Å². The van der Waals surface area contributed by atoms with E-state index in [0.29, 0.717) is 0 Å². The molecule has 0 radical (unpaired) electrons. The number of methoxy groups -OCH3 is 2. The summed E-state index contributed by atoms with van der Waals surface area (Å²) in [6.07, 6.45) is 5.73. The van der Waals surface area contributed by atoms with Gasteiger partial charge in [0.25, 0.3) is 0 Å². The molecule has 0 amide bonds. The van der Waals surface area contributed by atoms with Gasteiger partial charge in [0.05, 0.1) is 19.8 Å². The lowest BCUT2D eigenvalue weighted by molar-refractivity contribution is -0.137. The smallest absolute Gasteiger partial charge is 0.357 e. The summed E-state index contributed by atoms with van der Waals surface area (Å²) in [6, 6.07) is 0. The molecular formula is C12H13NO4S. The lowest BCUT2D eigenvalue weighted by Crippen LogP contribution is -2.32. The van der Waals surface area contributed by atoms with E-state index in [1.54, 1.807) is 17.8 Å².